The molecule has 0 aliphatic carbocycles. The summed E-state index contributed by atoms with van der Waals surface area (Å²) in [5, 5.41) is 9.21. The SMILES string of the molecule is CC1(C)c2ccccc2N(c2ccccc2-c2ccc(-c3cccc(C#N)n3)cc2)c2ccccc21. The number of nitriles is 1. The lowest BCUT2D eigenvalue weighted by Crippen LogP contribution is -2.30. The second kappa shape index (κ2) is 8.52. The fourth-order valence-corrected chi connectivity index (χ4v) is 5.32. The zero-order valence-electron chi connectivity index (χ0n) is 20.3. The van der Waals surface area contributed by atoms with Crippen LogP contribution in [0.2, 0.25) is 0 Å². The molecular weight excluding hydrogens is 438 g/mol. The standard InChI is InChI=1S/C33H25N3/c1-33(2)27-12-4-7-16-31(27)36(32-17-8-5-13-28(32)33)30-15-6-3-11-26(30)23-18-20-24(21-19-23)29-14-9-10-25(22-34)35-29/h3-21H,1-2H3. The van der Waals surface area contributed by atoms with E-state index in [2.05, 4.69) is 127 Å². The summed E-state index contributed by atoms with van der Waals surface area (Å²) in [6, 6.07) is 42.1. The van der Waals surface area contributed by atoms with Gasteiger partial charge in [0.1, 0.15) is 11.8 Å². The molecule has 0 bridgehead atoms. The minimum absolute atomic E-state index is 0.0920. The number of anilines is 3. The Balaban J connectivity index is 1.49. The molecule has 0 saturated carbocycles. The molecule has 1 aliphatic heterocycles. The highest BCUT2D eigenvalue weighted by Crippen LogP contribution is 2.53. The van der Waals surface area contributed by atoms with Gasteiger partial charge in [-0.1, -0.05) is 98.8 Å². The summed E-state index contributed by atoms with van der Waals surface area (Å²) in [7, 11) is 0. The number of fused-ring (bicyclic) bond motifs is 2. The first-order valence-electron chi connectivity index (χ1n) is 12.1. The van der Waals surface area contributed by atoms with Gasteiger partial charge in [0, 0.05) is 16.5 Å². The van der Waals surface area contributed by atoms with Crippen LogP contribution in [0.4, 0.5) is 17.1 Å². The van der Waals surface area contributed by atoms with Crippen molar-refractivity contribution in [2.24, 2.45) is 0 Å². The van der Waals surface area contributed by atoms with E-state index < -0.39 is 0 Å². The summed E-state index contributed by atoms with van der Waals surface area (Å²) in [5.41, 5.74) is 10.6. The lowest BCUT2D eigenvalue weighted by atomic mass is 9.73. The molecule has 36 heavy (non-hydrogen) atoms. The molecule has 0 amide bonds. The zero-order valence-corrected chi connectivity index (χ0v) is 20.3. The molecule has 172 valence electrons. The smallest absolute Gasteiger partial charge is 0.141 e. The maximum absolute atomic E-state index is 9.21. The van der Waals surface area contributed by atoms with Gasteiger partial charge in [-0.05, 0) is 47.0 Å². The summed E-state index contributed by atoms with van der Waals surface area (Å²) < 4.78 is 0. The van der Waals surface area contributed by atoms with Crippen molar-refractivity contribution in [3.05, 3.63) is 132 Å². The van der Waals surface area contributed by atoms with Crippen molar-refractivity contribution in [2.45, 2.75) is 19.3 Å². The van der Waals surface area contributed by atoms with Crippen LogP contribution in [0.25, 0.3) is 22.4 Å². The van der Waals surface area contributed by atoms with E-state index in [-0.39, 0.29) is 5.41 Å². The molecule has 0 atom stereocenters. The molecule has 0 fully saturated rings. The second-order valence-electron chi connectivity index (χ2n) is 9.61. The number of rotatable bonds is 3. The summed E-state index contributed by atoms with van der Waals surface area (Å²) in [6.07, 6.45) is 0. The summed E-state index contributed by atoms with van der Waals surface area (Å²) >= 11 is 0. The molecule has 4 aromatic carbocycles. The van der Waals surface area contributed by atoms with E-state index in [1.807, 2.05) is 12.1 Å². The minimum Gasteiger partial charge on any atom is -0.309 e. The maximum atomic E-state index is 9.21. The van der Waals surface area contributed by atoms with Crippen LogP contribution in [-0.4, -0.2) is 4.98 Å². The van der Waals surface area contributed by atoms with Gasteiger partial charge >= 0.3 is 0 Å². The number of hydrogen-bond acceptors (Lipinski definition) is 3. The predicted octanol–water partition coefficient (Wildman–Crippen LogP) is 8.40. The Morgan fingerprint density at radius 1 is 0.611 bits per heavy atom. The normalized spacial score (nSPS) is 13.4. The average molecular weight is 464 g/mol. The molecule has 5 aromatic rings. The highest BCUT2D eigenvalue weighted by molar-refractivity contribution is 5.92. The Hall–Kier alpha value is -4.68. The number of hydrogen-bond donors (Lipinski definition) is 0. The van der Waals surface area contributed by atoms with Crippen LogP contribution in [0.5, 0.6) is 0 Å². The van der Waals surface area contributed by atoms with E-state index in [1.165, 1.54) is 22.5 Å². The van der Waals surface area contributed by atoms with E-state index in [0.717, 1.165) is 28.1 Å². The molecule has 2 heterocycles. The van der Waals surface area contributed by atoms with Gasteiger partial charge in [-0.3, -0.25) is 0 Å². The molecule has 0 spiro atoms. The second-order valence-corrected chi connectivity index (χ2v) is 9.61. The predicted molar refractivity (Wildman–Crippen MR) is 147 cm³/mol. The molecular formula is C33H25N3. The Morgan fingerprint density at radius 2 is 1.17 bits per heavy atom. The topological polar surface area (TPSA) is 39.9 Å². The van der Waals surface area contributed by atoms with Crippen LogP contribution >= 0.6 is 0 Å². The van der Waals surface area contributed by atoms with Gasteiger partial charge in [0.2, 0.25) is 0 Å². The number of nitrogens with zero attached hydrogens (tertiary/aromatic N) is 3. The summed E-state index contributed by atoms with van der Waals surface area (Å²) in [4.78, 5) is 6.85. The van der Waals surface area contributed by atoms with Crippen LogP contribution in [0, 0.1) is 11.3 Å². The Labute approximate surface area is 211 Å². The fourth-order valence-electron chi connectivity index (χ4n) is 5.32. The Bertz CT molecular complexity index is 1570. The van der Waals surface area contributed by atoms with Crippen molar-refractivity contribution in [2.75, 3.05) is 4.90 Å². The number of aromatic nitrogens is 1. The molecule has 1 aliphatic rings. The molecule has 0 unspecified atom stereocenters. The van der Waals surface area contributed by atoms with Gasteiger partial charge < -0.3 is 4.90 Å². The van der Waals surface area contributed by atoms with Crippen LogP contribution in [-0.2, 0) is 5.41 Å². The zero-order chi connectivity index (χ0) is 24.7. The van der Waals surface area contributed by atoms with Crippen molar-refractivity contribution in [1.29, 1.82) is 5.26 Å². The van der Waals surface area contributed by atoms with Crippen molar-refractivity contribution >= 4 is 17.1 Å². The van der Waals surface area contributed by atoms with Crippen molar-refractivity contribution in [1.82, 2.24) is 4.98 Å². The highest BCUT2D eigenvalue weighted by Gasteiger charge is 2.36. The van der Waals surface area contributed by atoms with E-state index >= 15 is 0 Å². The minimum atomic E-state index is -0.0920. The van der Waals surface area contributed by atoms with E-state index in [4.69, 9.17) is 0 Å². The Morgan fingerprint density at radius 3 is 1.81 bits per heavy atom. The Kier molecular flexibility index (Phi) is 5.16. The lowest BCUT2D eigenvalue weighted by molar-refractivity contribution is 0.632. The molecule has 6 rings (SSSR count). The van der Waals surface area contributed by atoms with E-state index in [9.17, 15) is 5.26 Å². The monoisotopic (exact) mass is 463 g/mol. The molecule has 0 saturated heterocycles. The van der Waals surface area contributed by atoms with E-state index in [0.29, 0.717) is 5.69 Å². The number of benzene rings is 4. The summed E-state index contributed by atoms with van der Waals surface area (Å²) in [6.45, 7) is 4.62. The third kappa shape index (κ3) is 3.47. The fraction of sp³-hybridized carbons (Fsp3) is 0.0909. The molecule has 3 nitrogen and oxygen atoms in total. The first kappa shape index (κ1) is 21.8. The van der Waals surface area contributed by atoms with Gasteiger partial charge in [-0.15, -0.1) is 0 Å². The van der Waals surface area contributed by atoms with E-state index in [1.54, 1.807) is 6.07 Å². The quantitative estimate of drug-likeness (QED) is 0.270. The molecule has 0 N–H and O–H groups in total. The third-order valence-electron chi connectivity index (χ3n) is 7.14. The molecule has 0 radical (unpaired) electrons. The van der Waals surface area contributed by atoms with Crippen molar-refractivity contribution < 1.29 is 0 Å². The first-order chi connectivity index (χ1) is 17.6. The van der Waals surface area contributed by atoms with Crippen LogP contribution in [0.1, 0.15) is 30.7 Å². The largest absolute Gasteiger partial charge is 0.309 e. The third-order valence-corrected chi connectivity index (χ3v) is 7.14. The van der Waals surface area contributed by atoms with Gasteiger partial charge in [-0.2, -0.15) is 5.26 Å². The van der Waals surface area contributed by atoms with Gasteiger partial charge in [0.25, 0.3) is 0 Å². The molecule has 1 aromatic heterocycles. The lowest BCUT2D eigenvalue weighted by Gasteiger charge is -2.42. The average Bonchev–Trinajstić information content (AvgIpc) is 2.94. The van der Waals surface area contributed by atoms with Gasteiger partial charge in [0.05, 0.1) is 22.8 Å². The molecule has 3 heteroatoms. The highest BCUT2D eigenvalue weighted by atomic mass is 15.2. The van der Waals surface area contributed by atoms with Gasteiger partial charge in [0.15, 0.2) is 0 Å². The van der Waals surface area contributed by atoms with Crippen LogP contribution in [0.3, 0.4) is 0 Å². The summed E-state index contributed by atoms with van der Waals surface area (Å²) in [5.74, 6) is 0. The number of para-hydroxylation sites is 3. The van der Waals surface area contributed by atoms with Gasteiger partial charge in [-0.25, -0.2) is 4.98 Å². The van der Waals surface area contributed by atoms with Crippen molar-refractivity contribution in [3.8, 4) is 28.5 Å². The van der Waals surface area contributed by atoms with Crippen LogP contribution < -0.4 is 4.90 Å². The number of pyridine rings is 1. The van der Waals surface area contributed by atoms with Crippen molar-refractivity contribution in [3.63, 3.8) is 0 Å². The first-order valence-corrected chi connectivity index (χ1v) is 12.1. The van der Waals surface area contributed by atoms with Crippen LogP contribution in [0.15, 0.2) is 115 Å². The maximum Gasteiger partial charge on any atom is 0.141 e.